The lowest BCUT2D eigenvalue weighted by Gasteiger charge is -2.18. The number of benzene rings is 1. The molecule has 1 aliphatic heterocycles. The summed E-state index contributed by atoms with van der Waals surface area (Å²) in [7, 11) is 1.64. The molecule has 1 saturated carbocycles. The molecule has 0 spiro atoms. The number of carbonyl (C=O) groups excluding carboxylic acids is 2. The second-order valence-electron chi connectivity index (χ2n) is 8.39. The van der Waals surface area contributed by atoms with E-state index in [1.807, 2.05) is 31.2 Å². The van der Waals surface area contributed by atoms with Gasteiger partial charge in [0, 0.05) is 32.6 Å². The van der Waals surface area contributed by atoms with E-state index < -0.39 is 0 Å². The van der Waals surface area contributed by atoms with Crippen molar-refractivity contribution in [3.63, 3.8) is 0 Å². The molecule has 2 N–H and O–H groups in total. The number of amides is 2. The van der Waals surface area contributed by atoms with E-state index in [2.05, 4.69) is 27.8 Å². The number of aliphatic imine (C=N–C) groups is 1. The van der Waals surface area contributed by atoms with Gasteiger partial charge in [-0.2, -0.15) is 0 Å². The third kappa shape index (κ3) is 5.62. The Balaban J connectivity index is 0.00000306. The highest BCUT2D eigenvalue weighted by molar-refractivity contribution is 14.0. The molecule has 9 heteroatoms. The Kier molecular flexibility index (Phi) is 8.99. The minimum atomic E-state index is -0.134. The van der Waals surface area contributed by atoms with Crippen molar-refractivity contribution >= 4 is 41.8 Å². The lowest BCUT2D eigenvalue weighted by molar-refractivity contribution is -0.140. The van der Waals surface area contributed by atoms with Gasteiger partial charge in [-0.05, 0) is 49.4 Å². The molecule has 2 fully saturated rings. The van der Waals surface area contributed by atoms with Crippen molar-refractivity contribution < 1.29 is 19.1 Å². The number of methoxy groups -OCH3 is 1. The van der Waals surface area contributed by atoms with Crippen LogP contribution >= 0.6 is 24.0 Å². The zero-order valence-electron chi connectivity index (χ0n) is 19.2. The van der Waals surface area contributed by atoms with Gasteiger partial charge in [-0.15, -0.1) is 24.0 Å². The highest BCUT2D eigenvalue weighted by Crippen LogP contribution is 2.52. The van der Waals surface area contributed by atoms with Gasteiger partial charge in [-0.25, -0.2) is 0 Å². The maximum Gasteiger partial charge on any atom is 0.233 e. The second-order valence-corrected chi connectivity index (χ2v) is 8.39. The lowest BCUT2D eigenvalue weighted by atomic mass is 9.85. The van der Waals surface area contributed by atoms with Gasteiger partial charge in [-0.3, -0.25) is 19.5 Å². The van der Waals surface area contributed by atoms with Crippen molar-refractivity contribution in [3.8, 4) is 11.5 Å². The summed E-state index contributed by atoms with van der Waals surface area (Å²) < 4.78 is 10.9. The third-order valence-corrected chi connectivity index (χ3v) is 6.43. The summed E-state index contributed by atoms with van der Waals surface area (Å²) >= 11 is 0. The van der Waals surface area contributed by atoms with E-state index in [-0.39, 0.29) is 59.5 Å². The fourth-order valence-electron chi connectivity index (χ4n) is 4.93. The molecule has 2 amide bonds. The number of likely N-dealkylation sites (tertiary alicyclic amines) is 1. The number of hydrogen-bond donors (Lipinski definition) is 2. The topological polar surface area (TPSA) is 92.3 Å². The molecule has 180 valence electrons. The molecule has 2 bridgehead atoms. The Bertz CT molecular complexity index is 859. The maximum atomic E-state index is 12.8. The van der Waals surface area contributed by atoms with E-state index in [0.717, 1.165) is 30.9 Å². The summed E-state index contributed by atoms with van der Waals surface area (Å²) in [5.41, 5.74) is 0. The molecule has 0 radical (unpaired) electrons. The van der Waals surface area contributed by atoms with Gasteiger partial charge in [-0.1, -0.05) is 12.2 Å². The van der Waals surface area contributed by atoms with E-state index in [1.165, 1.54) is 4.90 Å². The first-order valence-electron chi connectivity index (χ1n) is 11.4. The van der Waals surface area contributed by atoms with E-state index in [9.17, 15) is 9.59 Å². The van der Waals surface area contributed by atoms with Gasteiger partial charge in [0.05, 0.1) is 25.6 Å². The van der Waals surface area contributed by atoms with Crippen molar-refractivity contribution in [2.24, 2.45) is 28.7 Å². The predicted molar refractivity (Wildman–Crippen MR) is 137 cm³/mol. The van der Waals surface area contributed by atoms with Crippen LogP contribution in [0.5, 0.6) is 11.5 Å². The van der Waals surface area contributed by atoms with Crippen molar-refractivity contribution in [2.45, 2.75) is 19.8 Å². The van der Waals surface area contributed by atoms with Crippen molar-refractivity contribution in [1.82, 2.24) is 15.5 Å². The first-order chi connectivity index (χ1) is 15.6. The number of halogens is 1. The molecule has 4 atom stereocenters. The summed E-state index contributed by atoms with van der Waals surface area (Å²) in [6.45, 7) is 4.75. The van der Waals surface area contributed by atoms with E-state index in [1.54, 1.807) is 7.11 Å². The van der Waals surface area contributed by atoms with Crippen LogP contribution in [0.3, 0.4) is 0 Å². The predicted octanol–water partition coefficient (Wildman–Crippen LogP) is 2.44. The number of rotatable bonds is 10. The molecular formula is C24H33IN4O4. The summed E-state index contributed by atoms with van der Waals surface area (Å²) in [6, 6.07) is 7.49. The Morgan fingerprint density at radius 2 is 1.70 bits per heavy atom. The number of ether oxygens (including phenoxy) is 2. The van der Waals surface area contributed by atoms with Crippen molar-refractivity contribution in [3.05, 3.63) is 36.4 Å². The first-order valence-corrected chi connectivity index (χ1v) is 11.4. The molecule has 3 aliphatic rings. The number of fused-ring (bicyclic) bond motifs is 5. The largest absolute Gasteiger partial charge is 0.497 e. The zero-order valence-corrected chi connectivity index (χ0v) is 21.5. The lowest BCUT2D eigenvalue weighted by Crippen LogP contribution is -2.43. The molecule has 1 aromatic rings. The molecule has 4 rings (SSSR count). The van der Waals surface area contributed by atoms with Crippen LogP contribution in [0.25, 0.3) is 0 Å². The molecule has 1 saturated heterocycles. The van der Waals surface area contributed by atoms with Gasteiger partial charge in [0.1, 0.15) is 11.5 Å². The molecule has 2 aliphatic carbocycles. The average Bonchev–Trinajstić information content (AvgIpc) is 3.49. The number of hydrogen-bond acceptors (Lipinski definition) is 5. The van der Waals surface area contributed by atoms with Gasteiger partial charge in [0.15, 0.2) is 5.96 Å². The van der Waals surface area contributed by atoms with E-state index >= 15 is 0 Å². The zero-order chi connectivity index (χ0) is 22.5. The van der Waals surface area contributed by atoms with Crippen LogP contribution in [0.2, 0.25) is 0 Å². The Morgan fingerprint density at radius 3 is 2.30 bits per heavy atom. The SMILES string of the molecule is CCNC(=NCCCOc1ccc(OC)cc1)NCCN1C(=O)C2C3C=CC(C3)C2C1=O.I. The summed E-state index contributed by atoms with van der Waals surface area (Å²) in [6.07, 6.45) is 5.96. The van der Waals surface area contributed by atoms with Crippen LogP contribution in [-0.2, 0) is 9.59 Å². The monoisotopic (exact) mass is 568 g/mol. The minimum Gasteiger partial charge on any atom is -0.497 e. The van der Waals surface area contributed by atoms with Crippen LogP contribution in [0, 0.1) is 23.7 Å². The van der Waals surface area contributed by atoms with Gasteiger partial charge < -0.3 is 20.1 Å². The second kappa shape index (κ2) is 11.7. The van der Waals surface area contributed by atoms with Gasteiger partial charge in [0.2, 0.25) is 11.8 Å². The number of nitrogens with one attached hydrogen (secondary N) is 2. The highest BCUT2D eigenvalue weighted by Gasteiger charge is 2.58. The van der Waals surface area contributed by atoms with E-state index in [0.29, 0.717) is 32.2 Å². The number of nitrogens with zero attached hydrogens (tertiary/aromatic N) is 2. The van der Waals surface area contributed by atoms with Crippen LogP contribution < -0.4 is 20.1 Å². The van der Waals surface area contributed by atoms with Crippen molar-refractivity contribution in [1.29, 1.82) is 0 Å². The van der Waals surface area contributed by atoms with Crippen LogP contribution in [-0.4, -0.2) is 62.6 Å². The van der Waals surface area contributed by atoms with Gasteiger partial charge in [0.25, 0.3) is 0 Å². The molecule has 1 heterocycles. The molecular weight excluding hydrogens is 535 g/mol. The average molecular weight is 568 g/mol. The highest BCUT2D eigenvalue weighted by atomic mass is 127. The van der Waals surface area contributed by atoms with Crippen molar-refractivity contribution in [2.75, 3.05) is 39.9 Å². The summed E-state index contributed by atoms with van der Waals surface area (Å²) in [5, 5.41) is 6.44. The molecule has 1 aromatic carbocycles. The molecule has 0 aromatic heterocycles. The smallest absolute Gasteiger partial charge is 0.233 e. The fourth-order valence-corrected chi connectivity index (χ4v) is 4.93. The number of guanidine groups is 1. The maximum absolute atomic E-state index is 12.8. The van der Waals surface area contributed by atoms with E-state index in [4.69, 9.17) is 9.47 Å². The quantitative estimate of drug-likeness (QED) is 0.113. The number of allylic oxidation sites excluding steroid dienone is 2. The van der Waals surface area contributed by atoms with Crippen LogP contribution in [0.15, 0.2) is 41.4 Å². The molecule has 4 unspecified atom stereocenters. The van der Waals surface area contributed by atoms with Crippen LogP contribution in [0.4, 0.5) is 0 Å². The Morgan fingerprint density at radius 1 is 1.06 bits per heavy atom. The standard InChI is InChI=1S/C24H32N4O4.HI/c1-3-25-24(26-11-4-14-32-19-9-7-18(31-2)8-10-19)27-12-13-28-22(29)20-16-5-6-17(15-16)21(20)23(28)30;/h5-10,16-17,20-21H,3-4,11-15H2,1-2H3,(H2,25,26,27);1H. The summed E-state index contributed by atoms with van der Waals surface area (Å²) in [4.78, 5) is 31.5. The normalized spacial score (nSPS) is 25.2. The first kappa shape index (κ1) is 25.3. The van der Waals surface area contributed by atoms with Gasteiger partial charge >= 0.3 is 0 Å². The number of carbonyl (C=O) groups is 2. The number of imide groups is 1. The molecule has 33 heavy (non-hydrogen) atoms. The summed E-state index contributed by atoms with van der Waals surface area (Å²) in [5.74, 6) is 2.50. The molecule has 8 nitrogen and oxygen atoms in total. The fraction of sp³-hybridized carbons (Fsp3) is 0.542. The third-order valence-electron chi connectivity index (χ3n) is 6.43. The van der Waals surface area contributed by atoms with Crippen LogP contribution in [0.1, 0.15) is 19.8 Å². The Labute approximate surface area is 212 Å². The minimum absolute atomic E-state index is 0. The Hall–Kier alpha value is -2.30.